The first-order valence-electron chi connectivity index (χ1n) is 8.96. The minimum absolute atomic E-state index is 0.0449. The van der Waals surface area contributed by atoms with E-state index >= 15 is 0 Å². The van der Waals surface area contributed by atoms with Crippen LogP contribution in [-0.4, -0.2) is 38.3 Å². The van der Waals surface area contributed by atoms with Crippen molar-refractivity contribution < 1.29 is 21.9 Å². The third-order valence-electron chi connectivity index (χ3n) is 4.40. The SMILES string of the molecule is CC(C)NCC(COc1ccccc1C1CCCCC1)OS(=O)(=O)O. The van der Waals surface area contributed by atoms with Gasteiger partial charge in [-0.2, -0.15) is 8.42 Å². The van der Waals surface area contributed by atoms with E-state index in [1.165, 1.54) is 24.8 Å². The third kappa shape index (κ3) is 7.32. The van der Waals surface area contributed by atoms with Crippen molar-refractivity contribution in [1.82, 2.24) is 5.32 Å². The third-order valence-corrected chi connectivity index (χ3v) is 4.92. The second-order valence-electron chi connectivity index (χ2n) is 6.89. The van der Waals surface area contributed by atoms with Crippen molar-refractivity contribution in [3.05, 3.63) is 29.8 Å². The van der Waals surface area contributed by atoms with E-state index < -0.39 is 16.5 Å². The minimum atomic E-state index is -4.53. The van der Waals surface area contributed by atoms with Crippen LogP contribution in [0.3, 0.4) is 0 Å². The molecule has 0 radical (unpaired) electrons. The van der Waals surface area contributed by atoms with Gasteiger partial charge in [0.2, 0.25) is 0 Å². The Morgan fingerprint density at radius 3 is 2.52 bits per heavy atom. The molecule has 0 saturated heterocycles. The van der Waals surface area contributed by atoms with Crippen LogP contribution in [0, 0.1) is 0 Å². The molecule has 0 spiro atoms. The van der Waals surface area contributed by atoms with Crippen LogP contribution in [0.5, 0.6) is 5.75 Å². The smallest absolute Gasteiger partial charge is 0.397 e. The zero-order valence-electron chi connectivity index (χ0n) is 15.0. The maximum atomic E-state index is 11.1. The lowest BCUT2D eigenvalue weighted by Gasteiger charge is -2.25. The van der Waals surface area contributed by atoms with Crippen LogP contribution in [0.25, 0.3) is 0 Å². The van der Waals surface area contributed by atoms with Crippen LogP contribution >= 0.6 is 0 Å². The Hall–Kier alpha value is -1.15. The van der Waals surface area contributed by atoms with Gasteiger partial charge in [0, 0.05) is 12.6 Å². The standard InChI is InChI=1S/C18H29NO5S/c1-14(2)19-12-16(24-25(20,21)22)13-23-18-11-7-6-10-17(18)15-8-4-3-5-9-15/h6-7,10-11,14-16,19H,3-5,8-9,12-13H2,1-2H3,(H,20,21,22). The molecule has 2 rings (SSSR count). The largest absolute Gasteiger partial charge is 0.490 e. The number of benzene rings is 1. The number of hydrogen-bond acceptors (Lipinski definition) is 5. The van der Waals surface area contributed by atoms with Gasteiger partial charge >= 0.3 is 10.4 Å². The molecule has 0 bridgehead atoms. The fourth-order valence-electron chi connectivity index (χ4n) is 3.21. The highest BCUT2D eigenvalue weighted by Gasteiger charge is 2.22. The van der Waals surface area contributed by atoms with E-state index in [1.54, 1.807) is 0 Å². The molecule has 7 heteroatoms. The normalized spacial score (nSPS) is 17.6. The van der Waals surface area contributed by atoms with Gasteiger partial charge in [0.1, 0.15) is 18.5 Å². The first-order chi connectivity index (χ1) is 11.8. The van der Waals surface area contributed by atoms with Crippen LogP contribution in [-0.2, 0) is 14.6 Å². The van der Waals surface area contributed by atoms with E-state index in [0.717, 1.165) is 18.6 Å². The quantitative estimate of drug-likeness (QED) is 0.648. The predicted molar refractivity (Wildman–Crippen MR) is 97.3 cm³/mol. The van der Waals surface area contributed by atoms with Crippen molar-refractivity contribution in [2.45, 2.75) is 64.0 Å². The Morgan fingerprint density at radius 1 is 1.20 bits per heavy atom. The van der Waals surface area contributed by atoms with E-state index in [2.05, 4.69) is 11.4 Å². The molecule has 1 saturated carbocycles. The number of para-hydroxylation sites is 1. The molecule has 6 nitrogen and oxygen atoms in total. The predicted octanol–water partition coefficient (Wildman–Crippen LogP) is 3.30. The summed E-state index contributed by atoms with van der Waals surface area (Å²) in [7, 11) is -4.53. The average Bonchev–Trinajstić information content (AvgIpc) is 2.57. The highest BCUT2D eigenvalue weighted by molar-refractivity contribution is 7.80. The maximum Gasteiger partial charge on any atom is 0.397 e. The van der Waals surface area contributed by atoms with Gasteiger partial charge in [0.05, 0.1) is 0 Å². The van der Waals surface area contributed by atoms with Crippen molar-refractivity contribution in [3.63, 3.8) is 0 Å². The first kappa shape index (κ1) is 20.2. The zero-order valence-corrected chi connectivity index (χ0v) is 15.8. The Labute approximate surface area is 150 Å². The molecule has 1 aromatic rings. The molecule has 0 heterocycles. The molecule has 25 heavy (non-hydrogen) atoms. The molecule has 0 amide bonds. The number of ether oxygens (including phenoxy) is 1. The van der Waals surface area contributed by atoms with Crippen LogP contribution in [0.4, 0.5) is 0 Å². The van der Waals surface area contributed by atoms with Crippen molar-refractivity contribution in [3.8, 4) is 5.75 Å². The van der Waals surface area contributed by atoms with Crippen LogP contribution in [0.15, 0.2) is 24.3 Å². The minimum Gasteiger partial charge on any atom is -0.490 e. The summed E-state index contributed by atoms with van der Waals surface area (Å²) >= 11 is 0. The van der Waals surface area contributed by atoms with Gasteiger partial charge in [-0.15, -0.1) is 0 Å². The second-order valence-corrected chi connectivity index (χ2v) is 7.94. The Balaban J connectivity index is 2.03. The summed E-state index contributed by atoms with van der Waals surface area (Å²) in [6.07, 6.45) is 5.25. The van der Waals surface area contributed by atoms with Gasteiger partial charge < -0.3 is 10.1 Å². The molecule has 1 unspecified atom stereocenters. The molecule has 2 N–H and O–H groups in total. The molecule has 1 fully saturated rings. The monoisotopic (exact) mass is 371 g/mol. The zero-order chi connectivity index (χ0) is 18.3. The van der Waals surface area contributed by atoms with Crippen molar-refractivity contribution >= 4 is 10.4 Å². The summed E-state index contributed by atoms with van der Waals surface area (Å²) in [5, 5.41) is 3.10. The van der Waals surface area contributed by atoms with E-state index in [0.29, 0.717) is 5.92 Å². The average molecular weight is 371 g/mol. The molecular weight excluding hydrogens is 342 g/mol. The topological polar surface area (TPSA) is 84.9 Å². The van der Waals surface area contributed by atoms with Crippen LogP contribution in [0.2, 0.25) is 0 Å². The highest BCUT2D eigenvalue weighted by atomic mass is 32.3. The number of hydrogen-bond donors (Lipinski definition) is 2. The fourth-order valence-corrected chi connectivity index (χ4v) is 3.67. The molecule has 142 valence electrons. The fraction of sp³-hybridized carbons (Fsp3) is 0.667. The van der Waals surface area contributed by atoms with Crippen molar-refractivity contribution in [1.29, 1.82) is 0 Å². The van der Waals surface area contributed by atoms with Crippen LogP contribution in [0.1, 0.15) is 57.4 Å². The molecule has 1 aliphatic rings. The highest BCUT2D eigenvalue weighted by Crippen LogP contribution is 2.37. The number of nitrogens with one attached hydrogen (secondary N) is 1. The lowest BCUT2D eigenvalue weighted by Crippen LogP contribution is -2.38. The van der Waals surface area contributed by atoms with Gasteiger partial charge in [0.25, 0.3) is 0 Å². The van der Waals surface area contributed by atoms with Crippen LogP contribution < -0.4 is 10.1 Å². The molecule has 1 aromatic carbocycles. The Morgan fingerprint density at radius 2 is 1.88 bits per heavy atom. The second kappa shape index (κ2) is 9.52. The van der Waals surface area contributed by atoms with Gasteiger partial charge in [-0.3, -0.25) is 4.55 Å². The lowest BCUT2D eigenvalue weighted by molar-refractivity contribution is 0.116. The molecule has 1 atom stereocenters. The molecule has 1 aliphatic carbocycles. The summed E-state index contributed by atoms with van der Waals surface area (Å²) < 4.78 is 41.7. The van der Waals surface area contributed by atoms with Gasteiger partial charge in [0.15, 0.2) is 0 Å². The molecule has 0 aliphatic heterocycles. The molecular formula is C18H29NO5S. The summed E-state index contributed by atoms with van der Waals surface area (Å²) in [6.45, 7) is 4.21. The van der Waals surface area contributed by atoms with Gasteiger partial charge in [-0.1, -0.05) is 51.3 Å². The van der Waals surface area contributed by atoms with E-state index in [1.807, 2.05) is 32.0 Å². The van der Waals surface area contributed by atoms with Gasteiger partial charge in [-0.05, 0) is 30.4 Å². The lowest BCUT2D eigenvalue weighted by atomic mass is 9.84. The summed E-state index contributed by atoms with van der Waals surface area (Å²) in [5.74, 6) is 1.25. The first-order valence-corrected chi connectivity index (χ1v) is 10.3. The summed E-state index contributed by atoms with van der Waals surface area (Å²) in [4.78, 5) is 0. The van der Waals surface area contributed by atoms with Crippen molar-refractivity contribution in [2.75, 3.05) is 13.2 Å². The Bertz CT molecular complexity index is 626. The maximum absolute atomic E-state index is 11.1. The summed E-state index contributed by atoms with van der Waals surface area (Å²) in [6, 6.07) is 8.07. The van der Waals surface area contributed by atoms with E-state index in [-0.39, 0.29) is 19.2 Å². The Kier molecular flexibility index (Phi) is 7.68. The van der Waals surface area contributed by atoms with Crippen molar-refractivity contribution in [2.24, 2.45) is 0 Å². The number of rotatable bonds is 9. The van der Waals surface area contributed by atoms with E-state index in [9.17, 15) is 8.42 Å². The van der Waals surface area contributed by atoms with Gasteiger partial charge in [-0.25, -0.2) is 4.18 Å². The van der Waals surface area contributed by atoms with E-state index in [4.69, 9.17) is 13.5 Å². The molecule has 0 aromatic heterocycles. The summed E-state index contributed by atoms with van der Waals surface area (Å²) in [5.41, 5.74) is 1.17.